The topological polar surface area (TPSA) is 0 Å². The summed E-state index contributed by atoms with van der Waals surface area (Å²) in [6, 6.07) is 0. The van der Waals surface area contributed by atoms with Gasteiger partial charge in [0.2, 0.25) is 0 Å². The summed E-state index contributed by atoms with van der Waals surface area (Å²) in [6.07, 6.45) is 14.0. The summed E-state index contributed by atoms with van der Waals surface area (Å²) < 4.78 is 0. The van der Waals surface area contributed by atoms with E-state index in [1.165, 1.54) is 64.2 Å². The second-order valence-electron chi connectivity index (χ2n) is 5.02. The molecule has 16 heavy (non-hydrogen) atoms. The molecule has 1 aliphatic heterocycles. The highest BCUT2D eigenvalue weighted by Crippen LogP contribution is 2.53. The van der Waals surface area contributed by atoms with Gasteiger partial charge in [0, 0.05) is 0 Å². The highest BCUT2D eigenvalue weighted by molar-refractivity contribution is 8.13. The molecular weight excluding hydrogens is 232 g/mol. The van der Waals surface area contributed by atoms with Crippen LogP contribution < -0.4 is 0 Å². The Hall–Kier alpha value is 0.180. The first-order chi connectivity index (χ1) is 7.93. The number of rotatable bonds is 0. The van der Waals surface area contributed by atoms with Crippen LogP contribution in [0.2, 0.25) is 0 Å². The van der Waals surface area contributed by atoms with Gasteiger partial charge in [0.1, 0.15) is 0 Å². The largest absolute Gasteiger partial charge is 0.0973 e. The van der Waals surface area contributed by atoms with E-state index in [1.54, 1.807) is 19.6 Å². The summed E-state index contributed by atoms with van der Waals surface area (Å²) in [5.74, 6) is 0. The maximum Gasteiger partial charge on any atom is -0.000682 e. The lowest BCUT2D eigenvalue weighted by molar-refractivity contribution is 0.712. The fourth-order valence-electron chi connectivity index (χ4n) is 2.78. The van der Waals surface area contributed by atoms with Gasteiger partial charge in [0.15, 0.2) is 0 Å². The molecule has 0 bridgehead atoms. The lowest BCUT2D eigenvalue weighted by atomic mass is 10.2. The molecule has 0 atom stereocenters. The Bertz CT molecular complexity index is 277. The van der Waals surface area contributed by atoms with E-state index in [9.17, 15) is 0 Å². The first-order valence-electron chi connectivity index (χ1n) is 6.73. The van der Waals surface area contributed by atoms with Gasteiger partial charge in [-0.25, -0.2) is 0 Å². The monoisotopic (exact) mass is 252 g/mol. The van der Waals surface area contributed by atoms with Gasteiger partial charge in [0.25, 0.3) is 0 Å². The van der Waals surface area contributed by atoms with E-state index in [-0.39, 0.29) is 0 Å². The number of hydrogen-bond donors (Lipinski definition) is 0. The zero-order valence-electron chi connectivity index (χ0n) is 9.89. The molecule has 2 heteroatoms. The maximum atomic E-state index is 2.16. The molecule has 0 fully saturated rings. The Labute approximate surface area is 107 Å². The standard InChI is InChI=1S/C14H20S2/c1-3-7-11-12(8-4-1)16-14-10-6-2-5-9-13(14)15-11/h1-10H2. The summed E-state index contributed by atoms with van der Waals surface area (Å²) in [4.78, 5) is 6.96. The molecule has 88 valence electrons. The summed E-state index contributed by atoms with van der Waals surface area (Å²) in [5.41, 5.74) is 0. The summed E-state index contributed by atoms with van der Waals surface area (Å²) in [7, 11) is 0. The molecule has 3 aliphatic rings. The lowest BCUT2D eigenvalue weighted by Crippen LogP contribution is -1.94. The molecule has 0 aromatic carbocycles. The summed E-state index contributed by atoms with van der Waals surface area (Å²) >= 11 is 4.33. The molecule has 3 rings (SSSR count). The van der Waals surface area contributed by atoms with Gasteiger partial charge >= 0.3 is 0 Å². The number of thioether (sulfide) groups is 2. The zero-order chi connectivity index (χ0) is 10.8. The van der Waals surface area contributed by atoms with Crippen molar-refractivity contribution >= 4 is 23.5 Å². The summed E-state index contributed by atoms with van der Waals surface area (Å²) in [5, 5.41) is 0. The first kappa shape index (κ1) is 11.3. The Morgan fingerprint density at radius 1 is 0.438 bits per heavy atom. The van der Waals surface area contributed by atoms with Crippen molar-refractivity contribution < 1.29 is 0 Å². The molecule has 0 aromatic heterocycles. The molecule has 0 amide bonds. The fraction of sp³-hybridized carbons (Fsp3) is 0.714. The molecular formula is C14H20S2. The second kappa shape index (κ2) is 5.22. The van der Waals surface area contributed by atoms with Gasteiger partial charge in [-0.2, -0.15) is 0 Å². The van der Waals surface area contributed by atoms with Crippen LogP contribution in [0.25, 0.3) is 0 Å². The van der Waals surface area contributed by atoms with Crippen LogP contribution in [-0.2, 0) is 0 Å². The lowest BCUT2D eigenvalue weighted by Gasteiger charge is -2.22. The Kier molecular flexibility index (Phi) is 3.68. The molecule has 0 saturated heterocycles. The zero-order valence-corrected chi connectivity index (χ0v) is 11.5. The van der Waals surface area contributed by atoms with Gasteiger partial charge in [-0.3, -0.25) is 0 Å². The maximum absolute atomic E-state index is 2.16. The van der Waals surface area contributed by atoms with Crippen molar-refractivity contribution in [1.82, 2.24) is 0 Å². The molecule has 0 saturated carbocycles. The van der Waals surface area contributed by atoms with Crippen LogP contribution in [-0.4, -0.2) is 0 Å². The second-order valence-corrected chi connectivity index (χ2v) is 7.40. The summed E-state index contributed by atoms with van der Waals surface area (Å²) in [6.45, 7) is 0. The van der Waals surface area contributed by atoms with Crippen LogP contribution in [0, 0.1) is 0 Å². The average molecular weight is 252 g/mol. The molecule has 0 aromatic rings. The minimum Gasteiger partial charge on any atom is -0.0973 e. The van der Waals surface area contributed by atoms with E-state index in [0.717, 1.165) is 0 Å². The van der Waals surface area contributed by atoms with Crippen molar-refractivity contribution in [2.75, 3.05) is 0 Å². The predicted molar refractivity (Wildman–Crippen MR) is 75.4 cm³/mol. The smallest absolute Gasteiger partial charge is 0.000682 e. The predicted octanol–water partition coefficient (Wildman–Crippen LogP) is 5.82. The molecule has 0 unspecified atom stereocenters. The third-order valence-electron chi connectivity index (χ3n) is 3.73. The molecule has 0 radical (unpaired) electrons. The highest BCUT2D eigenvalue weighted by Gasteiger charge is 2.23. The van der Waals surface area contributed by atoms with Crippen molar-refractivity contribution in [3.63, 3.8) is 0 Å². The van der Waals surface area contributed by atoms with E-state index in [1.807, 2.05) is 0 Å². The Morgan fingerprint density at radius 3 is 1.06 bits per heavy atom. The fourth-order valence-corrected chi connectivity index (χ4v) is 5.73. The number of allylic oxidation sites excluding steroid dienone is 4. The molecule has 0 N–H and O–H groups in total. The normalized spacial score (nSPS) is 27.0. The van der Waals surface area contributed by atoms with Gasteiger partial charge in [0.05, 0.1) is 0 Å². The van der Waals surface area contributed by atoms with Crippen molar-refractivity contribution in [2.45, 2.75) is 64.2 Å². The van der Waals surface area contributed by atoms with E-state index < -0.39 is 0 Å². The van der Waals surface area contributed by atoms with Crippen LogP contribution in [0.3, 0.4) is 0 Å². The highest BCUT2D eigenvalue weighted by atomic mass is 32.2. The van der Waals surface area contributed by atoms with Crippen molar-refractivity contribution in [1.29, 1.82) is 0 Å². The number of hydrogen-bond acceptors (Lipinski definition) is 2. The van der Waals surface area contributed by atoms with Gasteiger partial charge < -0.3 is 0 Å². The van der Waals surface area contributed by atoms with E-state index in [2.05, 4.69) is 23.5 Å². The third kappa shape index (κ3) is 2.38. The van der Waals surface area contributed by atoms with Crippen LogP contribution in [0.4, 0.5) is 0 Å². The minimum absolute atomic E-state index is 1.36. The van der Waals surface area contributed by atoms with Gasteiger partial charge in [-0.1, -0.05) is 36.4 Å². The van der Waals surface area contributed by atoms with Crippen molar-refractivity contribution in [3.05, 3.63) is 19.6 Å². The van der Waals surface area contributed by atoms with Crippen LogP contribution in [0.5, 0.6) is 0 Å². The van der Waals surface area contributed by atoms with E-state index >= 15 is 0 Å². The van der Waals surface area contributed by atoms with E-state index in [0.29, 0.717) is 0 Å². The van der Waals surface area contributed by atoms with Crippen LogP contribution in [0.15, 0.2) is 19.6 Å². The van der Waals surface area contributed by atoms with Gasteiger partial charge in [-0.05, 0) is 71.0 Å². The Balaban J connectivity index is 1.80. The van der Waals surface area contributed by atoms with Crippen molar-refractivity contribution in [2.24, 2.45) is 0 Å². The quantitative estimate of drug-likeness (QED) is 0.533. The average Bonchev–Trinajstić information content (AvgIpc) is 2.64. The van der Waals surface area contributed by atoms with Crippen LogP contribution >= 0.6 is 23.5 Å². The molecule has 0 spiro atoms. The third-order valence-corrected chi connectivity index (χ3v) is 6.78. The first-order valence-corrected chi connectivity index (χ1v) is 8.36. The van der Waals surface area contributed by atoms with Gasteiger partial charge in [-0.15, -0.1) is 0 Å². The van der Waals surface area contributed by atoms with Crippen LogP contribution in [0.1, 0.15) is 64.2 Å². The van der Waals surface area contributed by atoms with E-state index in [4.69, 9.17) is 0 Å². The minimum atomic E-state index is 1.36. The molecule has 0 nitrogen and oxygen atoms in total. The SMILES string of the molecule is C1CCC2=C(CC1)SC1=C(CCCCC1)S2. The molecule has 2 aliphatic carbocycles. The molecule has 1 heterocycles. The van der Waals surface area contributed by atoms with Crippen molar-refractivity contribution in [3.8, 4) is 0 Å². The Morgan fingerprint density at radius 2 is 0.750 bits per heavy atom.